The van der Waals surface area contributed by atoms with Gasteiger partial charge >= 0.3 is 0 Å². The number of hydrogen-bond acceptors (Lipinski definition) is 4. The maximum atomic E-state index is 13.2. The summed E-state index contributed by atoms with van der Waals surface area (Å²) in [4.78, 5) is 27.7. The fraction of sp³-hybridized carbons (Fsp3) is 0.231. The maximum absolute atomic E-state index is 13.2. The smallest absolute Gasteiger partial charge is 0.255 e. The van der Waals surface area contributed by atoms with Crippen molar-refractivity contribution >= 4 is 21.7 Å². The van der Waals surface area contributed by atoms with Crippen LogP contribution in [0.25, 0.3) is 0 Å². The van der Waals surface area contributed by atoms with Crippen LogP contribution in [0.3, 0.4) is 0 Å². The van der Waals surface area contributed by atoms with Gasteiger partial charge in [0.25, 0.3) is 5.91 Å². The summed E-state index contributed by atoms with van der Waals surface area (Å²) in [5.41, 5.74) is 3.95. The summed E-state index contributed by atoms with van der Waals surface area (Å²) in [6.45, 7) is 2.44. The van der Waals surface area contributed by atoms with Crippen LogP contribution in [-0.4, -0.2) is 36.9 Å². The van der Waals surface area contributed by atoms with E-state index in [1.54, 1.807) is 36.4 Å². The first-order valence-electron chi connectivity index (χ1n) is 10.8. The van der Waals surface area contributed by atoms with E-state index >= 15 is 0 Å². The second-order valence-corrected chi connectivity index (χ2v) is 10.5. The number of amides is 2. The minimum atomic E-state index is -3.67. The number of benzene rings is 3. The Morgan fingerprint density at radius 1 is 0.939 bits per heavy atom. The van der Waals surface area contributed by atoms with Crippen LogP contribution in [0.15, 0.2) is 78.9 Å². The number of aryl methyl sites for hydroxylation is 1. The molecule has 33 heavy (non-hydrogen) atoms. The van der Waals surface area contributed by atoms with E-state index in [0.717, 1.165) is 16.7 Å². The van der Waals surface area contributed by atoms with Crippen LogP contribution in [0.1, 0.15) is 32.6 Å². The molecule has 0 saturated heterocycles. The summed E-state index contributed by atoms with van der Waals surface area (Å²) < 4.78 is 26.1. The van der Waals surface area contributed by atoms with Gasteiger partial charge in [-0.25, -0.2) is 8.42 Å². The monoisotopic (exact) mass is 462 g/mol. The highest BCUT2D eigenvalue weighted by molar-refractivity contribution is 7.90. The van der Waals surface area contributed by atoms with E-state index in [9.17, 15) is 18.0 Å². The topological polar surface area (TPSA) is 83.6 Å². The predicted octanol–water partition coefficient (Wildman–Crippen LogP) is 3.25. The first kappa shape index (κ1) is 22.7. The van der Waals surface area contributed by atoms with Crippen molar-refractivity contribution in [2.75, 3.05) is 5.75 Å². The van der Waals surface area contributed by atoms with Crippen LogP contribution in [0.5, 0.6) is 0 Å². The molecule has 0 saturated carbocycles. The first-order valence-corrected chi connectivity index (χ1v) is 12.6. The zero-order valence-corrected chi connectivity index (χ0v) is 19.2. The third kappa shape index (κ3) is 5.49. The highest BCUT2D eigenvalue weighted by Crippen LogP contribution is 2.25. The van der Waals surface area contributed by atoms with E-state index < -0.39 is 27.5 Å². The Balaban J connectivity index is 1.56. The van der Waals surface area contributed by atoms with Gasteiger partial charge in [0.1, 0.15) is 6.04 Å². The second-order valence-electron chi connectivity index (χ2n) is 8.35. The molecule has 1 N–H and O–H groups in total. The highest BCUT2D eigenvalue weighted by Gasteiger charge is 2.38. The van der Waals surface area contributed by atoms with Crippen LogP contribution >= 0.6 is 0 Å². The van der Waals surface area contributed by atoms with Gasteiger partial charge in [-0.3, -0.25) is 9.59 Å². The van der Waals surface area contributed by atoms with Crippen molar-refractivity contribution in [1.82, 2.24) is 10.2 Å². The summed E-state index contributed by atoms with van der Waals surface area (Å²) in [7, 11) is -3.67. The Hall–Kier alpha value is -3.45. The molecule has 0 radical (unpaired) electrons. The molecule has 0 aromatic heterocycles. The zero-order valence-electron chi connectivity index (χ0n) is 18.4. The Morgan fingerprint density at radius 2 is 1.61 bits per heavy atom. The molecule has 0 aliphatic carbocycles. The van der Waals surface area contributed by atoms with Gasteiger partial charge in [0.2, 0.25) is 5.91 Å². The average molecular weight is 463 g/mol. The van der Waals surface area contributed by atoms with E-state index in [1.165, 1.54) is 4.90 Å². The molecule has 1 aliphatic rings. The summed E-state index contributed by atoms with van der Waals surface area (Å²) in [6.07, 6.45) is 0. The molecule has 1 atom stereocenters. The van der Waals surface area contributed by atoms with E-state index in [2.05, 4.69) is 5.32 Å². The predicted molar refractivity (Wildman–Crippen MR) is 127 cm³/mol. The molecule has 0 fully saturated rings. The second kappa shape index (κ2) is 9.58. The fourth-order valence-corrected chi connectivity index (χ4v) is 5.61. The molecule has 7 heteroatoms. The van der Waals surface area contributed by atoms with Crippen molar-refractivity contribution in [2.45, 2.75) is 31.8 Å². The number of carbonyl (C=O) groups is 2. The lowest BCUT2D eigenvalue weighted by atomic mass is 10.1. The molecule has 3 aromatic carbocycles. The minimum Gasteiger partial charge on any atom is -0.350 e. The van der Waals surface area contributed by atoms with E-state index in [1.807, 2.05) is 49.4 Å². The lowest BCUT2D eigenvalue weighted by molar-refractivity contribution is -0.125. The lowest BCUT2D eigenvalue weighted by Crippen LogP contribution is -2.50. The quantitative estimate of drug-likeness (QED) is 0.557. The van der Waals surface area contributed by atoms with Crippen molar-refractivity contribution in [1.29, 1.82) is 0 Å². The molecule has 1 heterocycles. The van der Waals surface area contributed by atoms with Gasteiger partial charge in [0.05, 0.1) is 11.5 Å². The summed E-state index contributed by atoms with van der Waals surface area (Å²) >= 11 is 0. The van der Waals surface area contributed by atoms with Gasteiger partial charge in [0.15, 0.2) is 9.84 Å². The van der Waals surface area contributed by atoms with Crippen molar-refractivity contribution < 1.29 is 18.0 Å². The van der Waals surface area contributed by atoms with Gasteiger partial charge in [-0.2, -0.15) is 0 Å². The number of hydrogen-bond donors (Lipinski definition) is 1. The molecular formula is C26H26N2O4S. The van der Waals surface area contributed by atoms with Crippen molar-refractivity contribution in [3.8, 4) is 0 Å². The summed E-state index contributed by atoms with van der Waals surface area (Å²) in [6, 6.07) is 22.6. The molecule has 4 rings (SSSR count). The minimum absolute atomic E-state index is 0.190. The van der Waals surface area contributed by atoms with Crippen LogP contribution in [0, 0.1) is 6.92 Å². The number of fused-ring (bicyclic) bond motifs is 1. The maximum Gasteiger partial charge on any atom is 0.255 e. The zero-order chi connectivity index (χ0) is 23.4. The van der Waals surface area contributed by atoms with Gasteiger partial charge in [-0.05, 0) is 29.7 Å². The fourth-order valence-electron chi connectivity index (χ4n) is 3.98. The van der Waals surface area contributed by atoms with Crippen molar-refractivity contribution in [2.24, 2.45) is 0 Å². The molecular weight excluding hydrogens is 436 g/mol. The number of rotatable bonds is 8. The largest absolute Gasteiger partial charge is 0.350 e. The Labute approximate surface area is 194 Å². The summed E-state index contributed by atoms with van der Waals surface area (Å²) in [5, 5.41) is 2.83. The standard InChI is InChI=1S/C26H26N2O4S/c1-19-11-13-20(14-12-19)15-27-25(29)24(18-33(31,32)17-21-7-3-2-4-8-21)28-16-22-9-5-6-10-23(22)26(28)30/h2-14,24H,15-18H2,1H3,(H,27,29)/t24-/m1/s1. The molecule has 2 amide bonds. The number of nitrogens with zero attached hydrogens (tertiary/aromatic N) is 1. The molecule has 0 spiro atoms. The normalized spacial score (nSPS) is 14.1. The van der Waals surface area contributed by atoms with Gasteiger partial charge in [-0.15, -0.1) is 0 Å². The SMILES string of the molecule is Cc1ccc(CNC(=O)[C@@H](CS(=O)(=O)Cc2ccccc2)N2Cc3ccccc3C2=O)cc1. The van der Waals surface area contributed by atoms with Crippen LogP contribution in [0.4, 0.5) is 0 Å². The van der Waals surface area contributed by atoms with Crippen LogP contribution < -0.4 is 5.32 Å². The lowest BCUT2D eigenvalue weighted by Gasteiger charge is -2.27. The van der Waals surface area contributed by atoms with E-state index in [0.29, 0.717) is 11.1 Å². The molecule has 3 aromatic rings. The van der Waals surface area contributed by atoms with E-state index in [-0.39, 0.29) is 24.7 Å². The van der Waals surface area contributed by atoms with Crippen molar-refractivity contribution in [3.05, 3.63) is 107 Å². The molecule has 0 unspecified atom stereocenters. The molecule has 170 valence electrons. The molecule has 1 aliphatic heterocycles. The van der Waals surface area contributed by atoms with Crippen LogP contribution in [-0.2, 0) is 33.5 Å². The average Bonchev–Trinajstić information content (AvgIpc) is 3.14. The molecule has 0 bridgehead atoms. The Morgan fingerprint density at radius 3 is 2.30 bits per heavy atom. The Bertz CT molecular complexity index is 1250. The van der Waals surface area contributed by atoms with Gasteiger partial charge in [-0.1, -0.05) is 78.4 Å². The van der Waals surface area contributed by atoms with Crippen molar-refractivity contribution in [3.63, 3.8) is 0 Å². The summed E-state index contributed by atoms with van der Waals surface area (Å²) in [5.74, 6) is -1.43. The Kier molecular flexibility index (Phi) is 6.60. The van der Waals surface area contributed by atoms with Gasteiger partial charge in [0, 0.05) is 18.7 Å². The van der Waals surface area contributed by atoms with Crippen LogP contribution in [0.2, 0.25) is 0 Å². The van der Waals surface area contributed by atoms with Gasteiger partial charge < -0.3 is 10.2 Å². The highest BCUT2D eigenvalue weighted by atomic mass is 32.2. The van der Waals surface area contributed by atoms with E-state index in [4.69, 9.17) is 0 Å². The number of sulfone groups is 1. The third-order valence-electron chi connectivity index (χ3n) is 5.76. The first-order chi connectivity index (χ1) is 15.8. The number of carbonyl (C=O) groups excluding carboxylic acids is 2. The number of nitrogens with one attached hydrogen (secondary N) is 1. The third-order valence-corrected chi connectivity index (χ3v) is 7.35. The molecule has 6 nitrogen and oxygen atoms in total.